The molecule has 2 rings (SSSR count). The van der Waals surface area contributed by atoms with E-state index in [1.165, 1.54) is 6.33 Å². The summed E-state index contributed by atoms with van der Waals surface area (Å²) in [5.41, 5.74) is 0. The van der Waals surface area contributed by atoms with Crippen LogP contribution in [0.5, 0.6) is 0 Å². The number of anilines is 1. The summed E-state index contributed by atoms with van der Waals surface area (Å²) < 4.78 is 4.97. The van der Waals surface area contributed by atoms with E-state index in [0.717, 1.165) is 0 Å². The highest BCUT2D eigenvalue weighted by Crippen LogP contribution is 2.08. The van der Waals surface area contributed by atoms with Crippen LogP contribution in [0.4, 0.5) is 5.82 Å². The fourth-order valence-corrected chi connectivity index (χ4v) is 1.32. The summed E-state index contributed by atoms with van der Waals surface area (Å²) in [7, 11) is 0. The molecular formula is C9H10ClN5O. The highest BCUT2D eigenvalue weighted by Gasteiger charge is 2.02. The van der Waals surface area contributed by atoms with Gasteiger partial charge in [0.2, 0.25) is 5.89 Å². The molecular weight excluding hydrogens is 230 g/mol. The lowest BCUT2D eigenvalue weighted by atomic mass is 10.4. The summed E-state index contributed by atoms with van der Waals surface area (Å²) in [5, 5.41) is 7.18. The number of aromatic nitrogens is 4. The molecule has 2 heterocycles. The Hall–Kier alpha value is -1.69. The lowest BCUT2D eigenvalue weighted by Crippen LogP contribution is -2.06. The summed E-state index contributed by atoms with van der Waals surface area (Å²) in [4.78, 5) is 11.9. The first kappa shape index (κ1) is 10.8. The monoisotopic (exact) mass is 239 g/mol. The third-order valence-corrected chi connectivity index (χ3v) is 2.06. The minimum absolute atomic E-state index is 0.408. The number of rotatable bonds is 4. The molecule has 0 aliphatic rings. The van der Waals surface area contributed by atoms with Crippen molar-refractivity contribution in [3.63, 3.8) is 0 Å². The van der Waals surface area contributed by atoms with Crippen LogP contribution < -0.4 is 5.32 Å². The van der Waals surface area contributed by atoms with Gasteiger partial charge in [-0.3, -0.25) is 0 Å². The van der Waals surface area contributed by atoms with Gasteiger partial charge in [-0.25, -0.2) is 9.97 Å². The molecule has 1 N–H and O–H groups in total. The molecule has 2 aromatic rings. The maximum Gasteiger partial charge on any atom is 0.228 e. The van der Waals surface area contributed by atoms with E-state index in [2.05, 4.69) is 25.4 Å². The molecule has 0 aliphatic heterocycles. The predicted molar refractivity (Wildman–Crippen MR) is 58.3 cm³/mol. The Morgan fingerprint density at radius 2 is 2.31 bits per heavy atom. The van der Waals surface area contributed by atoms with Crippen LogP contribution >= 0.6 is 11.6 Å². The van der Waals surface area contributed by atoms with E-state index >= 15 is 0 Å². The van der Waals surface area contributed by atoms with Gasteiger partial charge in [-0.15, -0.1) is 0 Å². The fraction of sp³-hybridized carbons (Fsp3) is 0.333. The summed E-state index contributed by atoms with van der Waals surface area (Å²) in [5.74, 6) is 1.92. The van der Waals surface area contributed by atoms with Gasteiger partial charge in [0.15, 0.2) is 5.82 Å². The first-order chi connectivity index (χ1) is 7.74. The van der Waals surface area contributed by atoms with Crippen LogP contribution in [-0.2, 0) is 6.42 Å². The Bertz CT molecular complexity index is 472. The summed E-state index contributed by atoms with van der Waals surface area (Å²) in [6, 6.07) is 1.65. The van der Waals surface area contributed by atoms with Crippen LogP contribution in [0.2, 0.25) is 5.15 Å². The van der Waals surface area contributed by atoms with Gasteiger partial charge in [0, 0.05) is 19.0 Å². The zero-order valence-corrected chi connectivity index (χ0v) is 9.40. The second-order valence-corrected chi connectivity index (χ2v) is 3.53. The Balaban J connectivity index is 1.84. The number of hydrogen-bond donors (Lipinski definition) is 1. The quantitative estimate of drug-likeness (QED) is 0.815. The second-order valence-electron chi connectivity index (χ2n) is 3.14. The minimum atomic E-state index is 0.408. The van der Waals surface area contributed by atoms with Crippen molar-refractivity contribution >= 4 is 17.4 Å². The normalized spacial score (nSPS) is 10.4. The molecule has 0 atom stereocenters. The lowest BCUT2D eigenvalue weighted by molar-refractivity contribution is 0.377. The number of halogens is 1. The van der Waals surface area contributed by atoms with E-state index in [1.54, 1.807) is 13.0 Å². The molecule has 84 valence electrons. The van der Waals surface area contributed by atoms with Crippen LogP contribution in [0.3, 0.4) is 0 Å². The van der Waals surface area contributed by atoms with Gasteiger partial charge in [0.1, 0.15) is 17.3 Å². The standard InChI is InChI=1S/C9H10ClN5O/c1-6-14-9(16-15-6)2-3-11-8-4-7(10)12-5-13-8/h4-5H,2-3H2,1H3,(H,11,12,13). The molecule has 0 fully saturated rings. The van der Waals surface area contributed by atoms with Crippen molar-refractivity contribution in [2.75, 3.05) is 11.9 Å². The minimum Gasteiger partial charge on any atom is -0.369 e. The maximum atomic E-state index is 5.71. The molecule has 7 heteroatoms. The second kappa shape index (κ2) is 4.89. The van der Waals surface area contributed by atoms with Crippen LogP contribution in [0.1, 0.15) is 11.7 Å². The van der Waals surface area contributed by atoms with Crippen molar-refractivity contribution in [2.24, 2.45) is 0 Å². The SMILES string of the molecule is Cc1noc(CCNc2cc(Cl)ncn2)n1. The van der Waals surface area contributed by atoms with Crippen LogP contribution in [-0.4, -0.2) is 26.7 Å². The van der Waals surface area contributed by atoms with Crippen molar-refractivity contribution < 1.29 is 4.52 Å². The molecule has 0 spiro atoms. The van der Waals surface area contributed by atoms with E-state index < -0.39 is 0 Å². The third-order valence-electron chi connectivity index (χ3n) is 1.85. The van der Waals surface area contributed by atoms with E-state index in [1.807, 2.05) is 0 Å². The average Bonchev–Trinajstić information content (AvgIpc) is 2.64. The predicted octanol–water partition coefficient (Wildman–Crippen LogP) is 1.48. The van der Waals surface area contributed by atoms with Crippen molar-refractivity contribution in [1.82, 2.24) is 20.1 Å². The van der Waals surface area contributed by atoms with Gasteiger partial charge in [-0.1, -0.05) is 16.8 Å². The van der Waals surface area contributed by atoms with E-state index in [0.29, 0.717) is 35.7 Å². The fourth-order valence-electron chi connectivity index (χ4n) is 1.17. The highest BCUT2D eigenvalue weighted by atomic mass is 35.5. The molecule has 0 aliphatic carbocycles. The summed E-state index contributed by atoms with van der Waals surface area (Å²) >= 11 is 5.71. The van der Waals surface area contributed by atoms with Crippen molar-refractivity contribution in [3.05, 3.63) is 29.3 Å². The molecule has 2 aromatic heterocycles. The van der Waals surface area contributed by atoms with E-state index in [-0.39, 0.29) is 0 Å². The van der Waals surface area contributed by atoms with Crippen molar-refractivity contribution in [3.8, 4) is 0 Å². The summed E-state index contributed by atoms with van der Waals surface area (Å²) in [6.07, 6.45) is 2.05. The van der Waals surface area contributed by atoms with Crippen molar-refractivity contribution in [2.45, 2.75) is 13.3 Å². The molecule has 16 heavy (non-hydrogen) atoms. The van der Waals surface area contributed by atoms with Crippen molar-refractivity contribution in [1.29, 1.82) is 0 Å². The number of nitrogens with one attached hydrogen (secondary N) is 1. The molecule has 0 saturated heterocycles. The topological polar surface area (TPSA) is 76.7 Å². The third kappa shape index (κ3) is 2.90. The van der Waals surface area contributed by atoms with Crippen LogP contribution in [0.15, 0.2) is 16.9 Å². The molecule has 0 aromatic carbocycles. The van der Waals surface area contributed by atoms with Gasteiger partial charge in [0.25, 0.3) is 0 Å². The van der Waals surface area contributed by atoms with Gasteiger partial charge >= 0.3 is 0 Å². The molecule has 0 unspecified atom stereocenters. The van der Waals surface area contributed by atoms with Crippen LogP contribution in [0, 0.1) is 6.92 Å². The van der Waals surface area contributed by atoms with E-state index in [9.17, 15) is 0 Å². The van der Waals surface area contributed by atoms with Gasteiger partial charge in [-0.2, -0.15) is 4.98 Å². The molecule has 0 saturated carbocycles. The smallest absolute Gasteiger partial charge is 0.228 e. The summed E-state index contributed by atoms with van der Waals surface area (Å²) in [6.45, 7) is 2.43. The first-order valence-corrected chi connectivity index (χ1v) is 5.12. The molecule has 6 nitrogen and oxygen atoms in total. The first-order valence-electron chi connectivity index (χ1n) is 4.74. The number of hydrogen-bond acceptors (Lipinski definition) is 6. The highest BCUT2D eigenvalue weighted by molar-refractivity contribution is 6.29. The van der Waals surface area contributed by atoms with Gasteiger partial charge in [-0.05, 0) is 6.92 Å². The number of aryl methyl sites for hydroxylation is 1. The molecule has 0 radical (unpaired) electrons. The van der Waals surface area contributed by atoms with E-state index in [4.69, 9.17) is 16.1 Å². The van der Waals surface area contributed by atoms with Crippen LogP contribution in [0.25, 0.3) is 0 Å². The lowest BCUT2D eigenvalue weighted by Gasteiger charge is -2.02. The van der Waals surface area contributed by atoms with Gasteiger partial charge in [0.05, 0.1) is 0 Å². The molecule has 0 bridgehead atoms. The molecule has 0 amide bonds. The number of nitrogens with zero attached hydrogens (tertiary/aromatic N) is 4. The Morgan fingerprint density at radius 3 is 3.00 bits per heavy atom. The Morgan fingerprint density at radius 1 is 1.44 bits per heavy atom. The Kier molecular flexibility index (Phi) is 3.31. The largest absolute Gasteiger partial charge is 0.369 e. The van der Waals surface area contributed by atoms with Gasteiger partial charge < -0.3 is 9.84 Å². The maximum absolute atomic E-state index is 5.71. The average molecular weight is 240 g/mol. The zero-order valence-electron chi connectivity index (χ0n) is 8.64. The Labute approximate surface area is 97.1 Å². The zero-order chi connectivity index (χ0) is 11.4.